The topological polar surface area (TPSA) is 71.1 Å². The number of hydrogen-bond donors (Lipinski definition) is 0. The smallest absolute Gasteiger partial charge is 0.338 e. The largest absolute Gasteiger partial charge is 0.491 e. The average molecular weight is 509 g/mol. The summed E-state index contributed by atoms with van der Waals surface area (Å²) >= 11 is 0. The third-order valence-electron chi connectivity index (χ3n) is 6.36. The molecule has 0 saturated carbocycles. The number of carbonyl (C=O) groups is 2. The number of methoxy groups -OCH3 is 1. The Kier molecular flexibility index (Phi) is 7.52. The summed E-state index contributed by atoms with van der Waals surface area (Å²) in [6.07, 6.45) is 0. The van der Waals surface area contributed by atoms with Crippen LogP contribution in [0.1, 0.15) is 27.6 Å². The number of carbonyl (C=O) groups excluding carboxylic acids is 2. The van der Waals surface area contributed by atoms with E-state index in [-0.39, 0.29) is 19.0 Å². The van der Waals surface area contributed by atoms with E-state index in [9.17, 15) is 9.59 Å². The van der Waals surface area contributed by atoms with Crippen molar-refractivity contribution >= 4 is 44.1 Å². The van der Waals surface area contributed by atoms with E-state index in [4.69, 9.17) is 18.9 Å². The molecule has 0 saturated heterocycles. The van der Waals surface area contributed by atoms with E-state index in [1.807, 2.05) is 54.6 Å². The van der Waals surface area contributed by atoms with Crippen molar-refractivity contribution in [3.63, 3.8) is 0 Å². The van der Waals surface area contributed by atoms with E-state index in [0.29, 0.717) is 30.1 Å². The molecule has 5 aromatic rings. The predicted octanol–water partition coefficient (Wildman–Crippen LogP) is 6.61. The van der Waals surface area contributed by atoms with Crippen molar-refractivity contribution in [1.82, 2.24) is 0 Å². The quantitative estimate of drug-likeness (QED) is 0.0915. The Hall–Kier alpha value is -4.42. The van der Waals surface area contributed by atoms with Crippen LogP contribution in [0.5, 0.6) is 11.5 Å². The summed E-state index contributed by atoms with van der Waals surface area (Å²) in [4.78, 5) is 24.1. The van der Waals surface area contributed by atoms with Crippen LogP contribution in [0.15, 0.2) is 84.9 Å². The molecule has 5 aromatic carbocycles. The first-order chi connectivity index (χ1) is 18.5. The van der Waals surface area contributed by atoms with E-state index in [1.54, 1.807) is 25.3 Å². The zero-order chi connectivity index (χ0) is 26.5. The normalized spacial score (nSPS) is 11.1. The summed E-state index contributed by atoms with van der Waals surface area (Å²) in [5.41, 5.74) is 1.10. The van der Waals surface area contributed by atoms with Crippen LogP contribution in [0.25, 0.3) is 32.3 Å². The Labute approximate surface area is 220 Å². The molecule has 38 heavy (non-hydrogen) atoms. The van der Waals surface area contributed by atoms with Crippen LogP contribution in [0.3, 0.4) is 0 Å². The van der Waals surface area contributed by atoms with Gasteiger partial charge in [-0.05, 0) is 93.8 Å². The van der Waals surface area contributed by atoms with Gasteiger partial charge in [-0.1, -0.05) is 30.3 Å². The molecule has 0 N–H and O–H groups in total. The third-order valence-corrected chi connectivity index (χ3v) is 6.36. The summed E-state index contributed by atoms with van der Waals surface area (Å²) < 4.78 is 22.0. The molecule has 0 bridgehead atoms. The zero-order valence-corrected chi connectivity index (χ0v) is 21.4. The van der Waals surface area contributed by atoms with E-state index in [0.717, 1.165) is 38.1 Å². The number of rotatable bonds is 10. The van der Waals surface area contributed by atoms with Crippen molar-refractivity contribution in [3.05, 3.63) is 96.1 Å². The number of esters is 1. The molecule has 0 radical (unpaired) electrons. The van der Waals surface area contributed by atoms with Gasteiger partial charge in [-0.3, -0.25) is 4.79 Å². The lowest BCUT2D eigenvalue weighted by molar-refractivity contribution is 0.0450. The van der Waals surface area contributed by atoms with Crippen LogP contribution >= 0.6 is 0 Å². The third kappa shape index (κ3) is 5.76. The molecule has 0 aliphatic carbocycles. The van der Waals surface area contributed by atoms with Crippen molar-refractivity contribution in [2.75, 3.05) is 33.5 Å². The molecule has 0 amide bonds. The van der Waals surface area contributed by atoms with E-state index < -0.39 is 5.97 Å². The van der Waals surface area contributed by atoms with Crippen LogP contribution < -0.4 is 9.47 Å². The Morgan fingerprint density at radius 3 is 1.63 bits per heavy atom. The second kappa shape index (κ2) is 11.3. The van der Waals surface area contributed by atoms with Gasteiger partial charge in [0.2, 0.25) is 0 Å². The van der Waals surface area contributed by atoms with E-state index >= 15 is 0 Å². The van der Waals surface area contributed by atoms with Gasteiger partial charge in [-0.15, -0.1) is 0 Å². The minimum atomic E-state index is -0.415. The highest BCUT2D eigenvalue weighted by atomic mass is 16.6. The lowest BCUT2D eigenvalue weighted by Crippen LogP contribution is -2.12. The molecule has 0 unspecified atom stereocenters. The molecule has 0 aliphatic rings. The first-order valence-electron chi connectivity index (χ1n) is 12.4. The fourth-order valence-corrected chi connectivity index (χ4v) is 4.34. The molecule has 192 valence electrons. The maximum Gasteiger partial charge on any atom is 0.338 e. The average Bonchev–Trinajstić information content (AvgIpc) is 2.93. The summed E-state index contributed by atoms with van der Waals surface area (Å²) in [5, 5.41) is 6.13. The number of fused-ring (bicyclic) bond motifs is 3. The van der Waals surface area contributed by atoms with Crippen molar-refractivity contribution in [2.45, 2.75) is 6.92 Å². The minimum absolute atomic E-state index is 0.00765. The second-order valence-corrected chi connectivity index (χ2v) is 9.03. The highest BCUT2D eigenvalue weighted by Gasteiger charge is 2.10. The zero-order valence-electron chi connectivity index (χ0n) is 21.4. The lowest BCUT2D eigenvalue weighted by atomic mass is 10.0. The summed E-state index contributed by atoms with van der Waals surface area (Å²) in [7, 11) is 1.65. The standard InChI is InChI=1S/C32H28O6/c1-21(33)22-3-4-24-16-27(6-5-23(24)15-22)32(34)38-14-13-37-31-10-8-26-17-28-19-30(36-12-11-35-2)9-7-25(28)18-29(26)20-31/h3-10,15-20H,11-14H2,1-2H3. The highest BCUT2D eigenvalue weighted by Crippen LogP contribution is 2.29. The van der Waals surface area contributed by atoms with Crippen LogP contribution in [0.4, 0.5) is 0 Å². The molecule has 0 aliphatic heterocycles. The highest BCUT2D eigenvalue weighted by molar-refractivity contribution is 6.01. The van der Waals surface area contributed by atoms with Gasteiger partial charge in [0.15, 0.2) is 5.78 Å². The molecular weight excluding hydrogens is 480 g/mol. The maximum absolute atomic E-state index is 12.5. The lowest BCUT2D eigenvalue weighted by Gasteiger charge is -2.10. The van der Waals surface area contributed by atoms with Crippen molar-refractivity contribution in [1.29, 1.82) is 0 Å². The molecular formula is C32H28O6. The molecule has 0 fully saturated rings. The van der Waals surface area contributed by atoms with Crippen LogP contribution in [-0.2, 0) is 9.47 Å². The van der Waals surface area contributed by atoms with Gasteiger partial charge >= 0.3 is 5.97 Å². The Morgan fingerprint density at radius 2 is 1.05 bits per heavy atom. The van der Waals surface area contributed by atoms with Gasteiger partial charge in [0.1, 0.15) is 31.3 Å². The van der Waals surface area contributed by atoms with Crippen LogP contribution in [-0.4, -0.2) is 45.3 Å². The van der Waals surface area contributed by atoms with Crippen molar-refractivity contribution < 1.29 is 28.5 Å². The SMILES string of the molecule is COCCOc1ccc2cc3cc(OCCOC(=O)c4ccc5cc(C(C)=O)ccc5c4)ccc3cc2c1. The number of Topliss-reactive ketones (excluding diaryl/α,β-unsaturated/α-hetero) is 1. The second-order valence-electron chi connectivity index (χ2n) is 9.03. The van der Waals surface area contributed by atoms with Gasteiger partial charge in [-0.25, -0.2) is 4.79 Å². The van der Waals surface area contributed by atoms with Gasteiger partial charge in [0.25, 0.3) is 0 Å². The summed E-state index contributed by atoms with van der Waals surface area (Å²) in [6.45, 7) is 2.96. The number of hydrogen-bond acceptors (Lipinski definition) is 6. The summed E-state index contributed by atoms with van der Waals surface area (Å²) in [6, 6.07) is 26.9. The van der Waals surface area contributed by atoms with Gasteiger partial charge < -0.3 is 18.9 Å². The predicted molar refractivity (Wildman–Crippen MR) is 149 cm³/mol. The van der Waals surface area contributed by atoms with E-state index in [1.165, 1.54) is 6.92 Å². The molecule has 6 nitrogen and oxygen atoms in total. The Bertz CT molecular complexity index is 1640. The minimum Gasteiger partial charge on any atom is -0.491 e. The number of benzene rings is 5. The van der Waals surface area contributed by atoms with Crippen LogP contribution in [0.2, 0.25) is 0 Å². The first kappa shape index (κ1) is 25.2. The number of ketones is 1. The van der Waals surface area contributed by atoms with E-state index in [2.05, 4.69) is 12.1 Å². The molecule has 0 heterocycles. The maximum atomic E-state index is 12.5. The molecule has 0 atom stereocenters. The Morgan fingerprint density at radius 1 is 0.553 bits per heavy atom. The van der Waals surface area contributed by atoms with Gasteiger partial charge in [0, 0.05) is 12.7 Å². The monoisotopic (exact) mass is 508 g/mol. The van der Waals surface area contributed by atoms with Gasteiger partial charge in [0.05, 0.1) is 12.2 Å². The molecule has 0 aromatic heterocycles. The first-order valence-corrected chi connectivity index (χ1v) is 12.4. The summed E-state index contributed by atoms with van der Waals surface area (Å²) in [5.74, 6) is 1.11. The molecule has 0 spiro atoms. The van der Waals surface area contributed by atoms with Crippen LogP contribution in [0, 0.1) is 0 Å². The van der Waals surface area contributed by atoms with Gasteiger partial charge in [-0.2, -0.15) is 0 Å². The van der Waals surface area contributed by atoms with Crippen molar-refractivity contribution in [3.8, 4) is 11.5 Å². The molecule has 6 heteroatoms. The molecule has 5 rings (SSSR count). The number of ether oxygens (including phenoxy) is 4. The fourth-order valence-electron chi connectivity index (χ4n) is 4.34. The van der Waals surface area contributed by atoms with Crippen molar-refractivity contribution in [2.24, 2.45) is 0 Å². The fraction of sp³-hybridized carbons (Fsp3) is 0.188. The Balaban J connectivity index is 1.18.